The standard InChI is InChI=1S/C26H20N2OS/c1-29-22-14-12-20(13-15-22)23-16-25(21-10-6-3-7-11-21)28-26(24(23)17-27)30-18-19-8-4-2-5-9-19/h2-16H,18H2,1H3. The maximum Gasteiger partial charge on any atom is 0.118 e. The summed E-state index contributed by atoms with van der Waals surface area (Å²) in [5.41, 5.74) is 5.53. The van der Waals surface area contributed by atoms with Crippen molar-refractivity contribution in [2.75, 3.05) is 7.11 Å². The summed E-state index contributed by atoms with van der Waals surface area (Å²) in [5, 5.41) is 10.7. The number of methoxy groups -OCH3 is 1. The summed E-state index contributed by atoms with van der Waals surface area (Å²) in [5.74, 6) is 1.54. The molecule has 0 spiro atoms. The Kier molecular flexibility index (Phi) is 6.12. The number of rotatable bonds is 6. The molecular weight excluding hydrogens is 388 g/mol. The van der Waals surface area contributed by atoms with Gasteiger partial charge in [-0.15, -0.1) is 11.8 Å². The Labute approximate surface area is 181 Å². The van der Waals surface area contributed by atoms with Crippen molar-refractivity contribution in [1.82, 2.24) is 4.98 Å². The lowest BCUT2D eigenvalue weighted by Crippen LogP contribution is -1.96. The van der Waals surface area contributed by atoms with Gasteiger partial charge in [-0.1, -0.05) is 72.8 Å². The van der Waals surface area contributed by atoms with E-state index in [1.807, 2.05) is 78.9 Å². The zero-order valence-corrected chi connectivity index (χ0v) is 17.4. The van der Waals surface area contributed by atoms with Gasteiger partial charge in [-0.3, -0.25) is 0 Å². The van der Waals surface area contributed by atoms with Crippen LogP contribution in [0.2, 0.25) is 0 Å². The minimum Gasteiger partial charge on any atom is -0.497 e. The average molecular weight is 409 g/mol. The van der Waals surface area contributed by atoms with Gasteiger partial charge in [0.15, 0.2) is 0 Å². The molecule has 30 heavy (non-hydrogen) atoms. The lowest BCUT2D eigenvalue weighted by molar-refractivity contribution is 0.415. The van der Waals surface area contributed by atoms with Crippen molar-refractivity contribution in [3.63, 3.8) is 0 Å². The highest BCUT2D eigenvalue weighted by molar-refractivity contribution is 7.98. The van der Waals surface area contributed by atoms with Crippen LogP contribution < -0.4 is 4.74 Å². The highest BCUT2D eigenvalue weighted by atomic mass is 32.2. The average Bonchev–Trinajstić information content (AvgIpc) is 2.83. The van der Waals surface area contributed by atoms with Gasteiger partial charge in [0.05, 0.1) is 18.4 Å². The molecule has 0 aliphatic heterocycles. The summed E-state index contributed by atoms with van der Waals surface area (Å²) in [4.78, 5) is 4.86. The largest absolute Gasteiger partial charge is 0.497 e. The SMILES string of the molecule is COc1ccc(-c2cc(-c3ccccc3)nc(SCc3ccccc3)c2C#N)cc1. The Morgan fingerprint density at radius 3 is 2.17 bits per heavy atom. The number of hydrogen-bond donors (Lipinski definition) is 0. The molecule has 0 aliphatic rings. The van der Waals surface area contributed by atoms with Crippen molar-refractivity contribution in [3.05, 3.63) is 102 Å². The number of nitrogens with zero attached hydrogens (tertiary/aromatic N) is 2. The Morgan fingerprint density at radius 1 is 0.867 bits per heavy atom. The molecule has 0 amide bonds. The van der Waals surface area contributed by atoms with Crippen LogP contribution >= 0.6 is 11.8 Å². The topological polar surface area (TPSA) is 45.9 Å². The Hall–Kier alpha value is -3.55. The Balaban J connectivity index is 1.81. The quantitative estimate of drug-likeness (QED) is 0.338. The van der Waals surface area contributed by atoms with Crippen molar-refractivity contribution < 1.29 is 4.74 Å². The third-order valence-electron chi connectivity index (χ3n) is 4.79. The van der Waals surface area contributed by atoms with Gasteiger partial charge in [0.2, 0.25) is 0 Å². The van der Waals surface area contributed by atoms with Gasteiger partial charge in [-0.05, 0) is 29.3 Å². The van der Waals surface area contributed by atoms with E-state index in [0.717, 1.165) is 38.9 Å². The first kappa shape index (κ1) is 19.8. The molecule has 0 saturated carbocycles. The molecule has 4 aromatic rings. The third-order valence-corrected chi connectivity index (χ3v) is 5.83. The van der Waals surface area contributed by atoms with E-state index in [1.54, 1.807) is 18.9 Å². The van der Waals surface area contributed by atoms with E-state index >= 15 is 0 Å². The molecule has 1 aromatic heterocycles. The molecular formula is C26H20N2OS. The molecule has 146 valence electrons. The molecule has 4 heteroatoms. The predicted molar refractivity (Wildman–Crippen MR) is 122 cm³/mol. The molecule has 0 radical (unpaired) electrons. The van der Waals surface area contributed by atoms with Crippen LogP contribution in [-0.4, -0.2) is 12.1 Å². The van der Waals surface area contributed by atoms with E-state index in [2.05, 4.69) is 18.2 Å². The summed E-state index contributed by atoms with van der Waals surface area (Å²) < 4.78 is 5.28. The van der Waals surface area contributed by atoms with Gasteiger partial charge >= 0.3 is 0 Å². The van der Waals surface area contributed by atoms with Gasteiger partial charge in [0.25, 0.3) is 0 Å². The fourth-order valence-corrected chi connectivity index (χ4v) is 4.17. The van der Waals surface area contributed by atoms with E-state index in [9.17, 15) is 5.26 Å². The van der Waals surface area contributed by atoms with Crippen molar-refractivity contribution >= 4 is 11.8 Å². The number of benzene rings is 3. The second kappa shape index (κ2) is 9.30. The second-order valence-electron chi connectivity index (χ2n) is 6.72. The first-order valence-corrected chi connectivity index (χ1v) is 10.6. The highest BCUT2D eigenvalue weighted by Crippen LogP contribution is 2.35. The molecule has 3 aromatic carbocycles. The Morgan fingerprint density at radius 2 is 1.53 bits per heavy atom. The van der Waals surface area contributed by atoms with Crippen LogP contribution in [0.5, 0.6) is 5.75 Å². The number of ether oxygens (including phenoxy) is 1. The molecule has 0 fully saturated rings. The number of nitriles is 1. The van der Waals surface area contributed by atoms with Gasteiger partial charge in [0, 0.05) is 16.9 Å². The van der Waals surface area contributed by atoms with Gasteiger partial charge < -0.3 is 4.74 Å². The van der Waals surface area contributed by atoms with Crippen LogP contribution in [0.25, 0.3) is 22.4 Å². The fourth-order valence-electron chi connectivity index (χ4n) is 3.22. The van der Waals surface area contributed by atoms with E-state index in [4.69, 9.17) is 9.72 Å². The molecule has 4 rings (SSSR count). The maximum atomic E-state index is 9.99. The molecule has 1 heterocycles. The van der Waals surface area contributed by atoms with Gasteiger partial charge in [-0.2, -0.15) is 5.26 Å². The van der Waals surface area contributed by atoms with Crippen LogP contribution in [0.4, 0.5) is 0 Å². The van der Waals surface area contributed by atoms with Crippen molar-refractivity contribution in [2.24, 2.45) is 0 Å². The zero-order chi connectivity index (χ0) is 20.8. The summed E-state index contributed by atoms with van der Waals surface area (Å²) in [6.07, 6.45) is 0. The Bertz CT molecular complexity index is 1170. The third kappa shape index (κ3) is 4.37. The summed E-state index contributed by atoms with van der Waals surface area (Å²) in [6.45, 7) is 0. The lowest BCUT2D eigenvalue weighted by Gasteiger charge is -2.13. The number of aromatic nitrogens is 1. The lowest BCUT2D eigenvalue weighted by atomic mass is 9.99. The predicted octanol–water partition coefficient (Wildman–Crippen LogP) is 6.59. The normalized spacial score (nSPS) is 10.4. The summed E-state index contributed by atoms with van der Waals surface area (Å²) in [7, 11) is 1.65. The highest BCUT2D eigenvalue weighted by Gasteiger charge is 2.16. The van der Waals surface area contributed by atoms with E-state index in [0.29, 0.717) is 5.56 Å². The first-order chi connectivity index (χ1) is 14.8. The minimum absolute atomic E-state index is 0.598. The second-order valence-corrected chi connectivity index (χ2v) is 7.68. The fraction of sp³-hybridized carbons (Fsp3) is 0.0769. The van der Waals surface area contributed by atoms with E-state index in [-0.39, 0.29) is 0 Å². The van der Waals surface area contributed by atoms with Crippen LogP contribution in [0, 0.1) is 11.3 Å². The molecule has 0 bridgehead atoms. The molecule has 0 saturated heterocycles. The molecule has 0 unspecified atom stereocenters. The molecule has 0 N–H and O–H groups in total. The first-order valence-electron chi connectivity index (χ1n) is 9.60. The van der Waals surface area contributed by atoms with Crippen molar-refractivity contribution in [1.29, 1.82) is 5.26 Å². The summed E-state index contributed by atoms with van der Waals surface area (Å²) >= 11 is 1.59. The van der Waals surface area contributed by atoms with Crippen LogP contribution in [-0.2, 0) is 5.75 Å². The number of thioether (sulfide) groups is 1. The molecule has 3 nitrogen and oxygen atoms in total. The van der Waals surface area contributed by atoms with Gasteiger partial charge in [0.1, 0.15) is 16.8 Å². The smallest absolute Gasteiger partial charge is 0.118 e. The molecule has 0 atom stereocenters. The van der Waals surface area contributed by atoms with E-state index < -0.39 is 0 Å². The van der Waals surface area contributed by atoms with Crippen LogP contribution in [0.3, 0.4) is 0 Å². The zero-order valence-electron chi connectivity index (χ0n) is 16.6. The minimum atomic E-state index is 0.598. The van der Waals surface area contributed by atoms with Crippen LogP contribution in [0.15, 0.2) is 96.0 Å². The van der Waals surface area contributed by atoms with Gasteiger partial charge in [-0.25, -0.2) is 4.98 Å². The number of pyridine rings is 1. The monoisotopic (exact) mass is 408 g/mol. The number of hydrogen-bond acceptors (Lipinski definition) is 4. The van der Waals surface area contributed by atoms with E-state index in [1.165, 1.54) is 5.56 Å². The van der Waals surface area contributed by atoms with Crippen LogP contribution in [0.1, 0.15) is 11.1 Å². The maximum absolute atomic E-state index is 9.99. The van der Waals surface area contributed by atoms with Crippen molar-refractivity contribution in [2.45, 2.75) is 10.8 Å². The van der Waals surface area contributed by atoms with Crippen molar-refractivity contribution in [3.8, 4) is 34.2 Å². The molecule has 0 aliphatic carbocycles. The summed E-state index contributed by atoms with van der Waals surface area (Å²) in [6, 6.07) is 32.5.